The van der Waals surface area contributed by atoms with Crippen molar-refractivity contribution in [1.82, 2.24) is 5.32 Å². The number of hydrogen-bond donors (Lipinski definition) is 2. The van der Waals surface area contributed by atoms with Crippen LogP contribution in [-0.4, -0.2) is 12.5 Å². The Hall–Kier alpha value is -1.51. The molecule has 0 fully saturated rings. The first kappa shape index (κ1) is 13.6. The van der Waals surface area contributed by atoms with Gasteiger partial charge in [-0.1, -0.05) is 32.9 Å². The van der Waals surface area contributed by atoms with Crippen LogP contribution in [0.15, 0.2) is 24.3 Å². The molecule has 0 spiro atoms. The molecule has 3 nitrogen and oxygen atoms in total. The minimum Gasteiger partial charge on any atom is -0.399 e. The number of nitrogens with two attached hydrogens (primary N) is 1. The maximum Gasteiger partial charge on any atom is 0.223 e. The van der Waals surface area contributed by atoms with E-state index in [0.717, 1.165) is 12.1 Å². The van der Waals surface area contributed by atoms with Gasteiger partial charge in [-0.25, -0.2) is 0 Å². The molecule has 0 aliphatic heterocycles. The van der Waals surface area contributed by atoms with Crippen molar-refractivity contribution in [1.29, 1.82) is 0 Å². The monoisotopic (exact) mass is 234 g/mol. The largest absolute Gasteiger partial charge is 0.399 e. The van der Waals surface area contributed by atoms with Crippen LogP contribution in [0.25, 0.3) is 0 Å². The molecule has 0 aromatic heterocycles. The molecule has 0 heterocycles. The van der Waals surface area contributed by atoms with Gasteiger partial charge >= 0.3 is 0 Å². The lowest BCUT2D eigenvalue weighted by atomic mass is 9.97. The molecule has 1 atom stereocenters. The van der Waals surface area contributed by atoms with Gasteiger partial charge in [0.1, 0.15) is 0 Å². The molecule has 0 aliphatic rings. The summed E-state index contributed by atoms with van der Waals surface area (Å²) in [5, 5.41) is 2.96. The van der Waals surface area contributed by atoms with Gasteiger partial charge in [0.05, 0.1) is 0 Å². The van der Waals surface area contributed by atoms with Crippen molar-refractivity contribution >= 4 is 11.6 Å². The van der Waals surface area contributed by atoms with Crippen molar-refractivity contribution in [3.63, 3.8) is 0 Å². The lowest BCUT2D eigenvalue weighted by Crippen LogP contribution is -2.33. The summed E-state index contributed by atoms with van der Waals surface area (Å²) >= 11 is 0. The quantitative estimate of drug-likeness (QED) is 0.767. The van der Waals surface area contributed by atoms with Gasteiger partial charge in [-0.05, 0) is 30.0 Å². The van der Waals surface area contributed by atoms with Gasteiger partial charge in [0.15, 0.2) is 0 Å². The maximum atomic E-state index is 11.7. The van der Waals surface area contributed by atoms with Crippen molar-refractivity contribution < 1.29 is 4.79 Å². The van der Waals surface area contributed by atoms with Crippen LogP contribution in [0, 0.1) is 11.8 Å². The standard InChI is InChI=1S/C14H22N2O/c1-10(2)11(3)14(17)16-9-8-12-4-6-13(15)7-5-12/h4-7,10-11H,8-9,15H2,1-3H3,(H,16,17). The van der Waals surface area contributed by atoms with Crippen LogP contribution in [0.4, 0.5) is 5.69 Å². The fraction of sp³-hybridized carbons (Fsp3) is 0.500. The Labute approximate surface area is 103 Å². The van der Waals surface area contributed by atoms with E-state index in [9.17, 15) is 4.79 Å². The molecule has 1 aromatic rings. The number of benzene rings is 1. The fourth-order valence-corrected chi connectivity index (χ4v) is 1.48. The summed E-state index contributed by atoms with van der Waals surface area (Å²) in [4.78, 5) is 11.7. The van der Waals surface area contributed by atoms with E-state index in [1.165, 1.54) is 5.56 Å². The third kappa shape index (κ3) is 4.47. The number of carbonyl (C=O) groups is 1. The number of anilines is 1. The molecule has 1 unspecified atom stereocenters. The second-order valence-corrected chi connectivity index (χ2v) is 4.82. The number of nitrogens with one attached hydrogen (secondary N) is 1. The average molecular weight is 234 g/mol. The first-order valence-electron chi connectivity index (χ1n) is 6.13. The van der Waals surface area contributed by atoms with Crippen molar-refractivity contribution in [2.24, 2.45) is 11.8 Å². The van der Waals surface area contributed by atoms with Crippen LogP contribution in [0.1, 0.15) is 26.3 Å². The maximum absolute atomic E-state index is 11.7. The zero-order chi connectivity index (χ0) is 12.8. The third-order valence-electron chi connectivity index (χ3n) is 3.11. The number of hydrogen-bond acceptors (Lipinski definition) is 2. The van der Waals surface area contributed by atoms with Gasteiger partial charge in [0.25, 0.3) is 0 Å². The van der Waals surface area contributed by atoms with Gasteiger partial charge < -0.3 is 11.1 Å². The van der Waals surface area contributed by atoms with E-state index in [1.54, 1.807) is 0 Å². The van der Waals surface area contributed by atoms with Crippen molar-refractivity contribution in [3.8, 4) is 0 Å². The number of amides is 1. The van der Waals surface area contributed by atoms with Gasteiger partial charge in [0, 0.05) is 18.2 Å². The first-order chi connectivity index (χ1) is 8.00. The molecule has 1 amide bonds. The summed E-state index contributed by atoms with van der Waals surface area (Å²) in [6.07, 6.45) is 0.844. The Kier molecular flexibility index (Phi) is 5.01. The highest BCUT2D eigenvalue weighted by molar-refractivity contribution is 5.78. The summed E-state index contributed by atoms with van der Waals surface area (Å²) in [5.41, 5.74) is 7.57. The summed E-state index contributed by atoms with van der Waals surface area (Å²) < 4.78 is 0. The molecule has 1 rings (SSSR count). The Balaban J connectivity index is 2.33. The lowest BCUT2D eigenvalue weighted by Gasteiger charge is -2.15. The molecule has 94 valence electrons. The van der Waals surface area contributed by atoms with Crippen molar-refractivity contribution in [2.75, 3.05) is 12.3 Å². The van der Waals surface area contributed by atoms with Gasteiger partial charge in [0.2, 0.25) is 5.91 Å². The SMILES string of the molecule is CC(C)C(C)C(=O)NCCc1ccc(N)cc1. The van der Waals surface area contributed by atoms with E-state index in [-0.39, 0.29) is 11.8 Å². The molecular weight excluding hydrogens is 212 g/mol. The lowest BCUT2D eigenvalue weighted by molar-refractivity contribution is -0.125. The minimum absolute atomic E-state index is 0.0708. The van der Waals surface area contributed by atoms with E-state index < -0.39 is 0 Å². The van der Waals surface area contributed by atoms with Crippen molar-refractivity contribution in [2.45, 2.75) is 27.2 Å². The Bertz CT molecular complexity index is 357. The molecule has 17 heavy (non-hydrogen) atoms. The summed E-state index contributed by atoms with van der Waals surface area (Å²) in [5.74, 6) is 0.586. The molecular formula is C14H22N2O. The molecule has 0 saturated heterocycles. The normalized spacial score (nSPS) is 12.5. The molecule has 3 heteroatoms. The van der Waals surface area contributed by atoms with Crippen LogP contribution >= 0.6 is 0 Å². The highest BCUT2D eigenvalue weighted by Gasteiger charge is 2.15. The molecule has 0 saturated carbocycles. The van der Waals surface area contributed by atoms with Crippen molar-refractivity contribution in [3.05, 3.63) is 29.8 Å². The second kappa shape index (κ2) is 6.28. The Morgan fingerprint density at radius 2 is 1.82 bits per heavy atom. The molecule has 0 aliphatic carbocycles. The van der Waals surface area contributed by atoms with Gasteiger partial charge in [-0.15, -0.1) is 0 Å². The summed E-state index contributed by atoms with van der Waals surface area (Å²) in [6, 6.07) is 7.75. The molecule has 3 N–H and O–H groups in total. The van der Waals surface area contributed by atoms with Crippen LogP contribution in [-0.2, 0) is 11.2 Å². The Morgan fingerprint density at radius 1 is 1.24 bits per heavy atom. The summed E-state index contributed by atoms with van der Waals surface area (Å²) in [7, 11) is 0. The van der Waals surface area contributed by atoms with E-state index in [0.29, 0.717) is 12.5 Å². The summed E-state index contributed by atoms with van der Waals surface area (Å²) in [6.45, 7) is 6.76. The van der Waals surface area contributed by atoms with Crippen LogP contribution in [0.2, 0.25) is 0 Å². The smallest absolute Gasteiger partial charge is 0.223 e. The first-order valence-corrected chi connectivity index (χ1v) is 6.13. The number of rotatable bonds is 5. The molecule has 0 bridgehead atoms. The van der Waals surface area contributed by atoms with Crippen LogP contribution in [0.3, 0.4) is 0 Å². The predicted octanol–water partition coefficient (Wildman–Crippen LogP) is 2.22. The minimum atomic E-state index is 0.0708. The zero-order valence-corrected chi connectivity index (χ0v) is 10.9. The van der Waals surface area contributed by atoms with E-state index >= 15 is 0 Å². The Morgan fingerprint density at radius 3 is 2.35 bits per heavy atom. The van der Waals surface area contributed by atoms with Gasteiger partial charge in [-0.2, -0.15) is 0 Å². The van der Waals surface area contributed by atoms with E-state index in [4.69, 9.17) is 5.73 Å². The van der Waals surface area contributed by atoms with E-state index in [1.807, 2.05) is 31.2 Å². The van der Waals surface area contributed by atoms with Gasteiger partial charge in [-0.3, -0.25) is 4.79 Å². The molecule has 0 radical (unpaired) electrons. The fourth-order valence-electron chi connectivity index (χ4n) is 1.48. The van der Waals surface area contributed by atoms with Crippen LogP contribution < -0.4 is 11.1 Å². The highest BCUT2D eigenvalue weighted by Crippen LogP contribution is 2.09. The predicted molar refractivity (Wildman–Crippen MR) is 71.6 cm³/mol. The topological polar surface area (TPSA) is 55.1 Å². The zero-order valence-electron chi connectivity index (χ0n) is 10.9. The van der Waals surface area contributed by atoms with Crippen LogP contribution in [0.5, 0.6) is 0 Å². The average Bonchev–Trinajstić information content (AvgIpc) is 2.30. The number of carbonyl (C=O) groups excluding carboxylic acids is 1. The second-order valence-electron chi connectivity index (χ2n) is 4.82. The molecule has 1 aromatic carbocycles. The number of nitrogen functional groups attached to an aromatic ring is 1. The highest BCUT2D eigenvalue weighted by atomic mass is 16.1. The van der Waals surface area contributed by atoms with E-state index in [2.05, 4.69) is 19.2 Å². The third-order valence-corrected chi connectivity index (χ3v) is 3.11.